The summed E-state index contributed by atoms with van der Waals surface area (Å²) < 4.78 is 6.09. The third kappa shape index (κ3) is 4.84. The maximum atomic E-state index is 6.09. The van der Waals surface area contributed by atoms with E-state index < -0.39 is 0 Å². The van der Waals surface area contributed by atoms with Crippen molar-refractivity contribution in [2.75, 3.05) is 6.61 Å². The molecule has 0 aliphatic carbocycles. The van der Waals surface area contributed by atoms with Crippen LogP contribution in [0.1, 0.15) is 53.1 Å². The van der Waals surface area contributed by atoms with Gasteiger partial charge in [-0.25, -0.2) is 5.32 Å². The Kier molecular flexibility index (Phi) is 6.51. The molecule has 4 nitrogen and oxygen atoms in total. The molecular formula is C25H34N3OS+. The predicted molar refractivity (Wildman–Crippen MR) is 128 cm³/mol. The highest BCUT2D eigenvalue weighted by Gasteiger charge is 2.50. The molecule has 160 valence electrons. The number of benzene rings is 2. The Hall–Kier alpha value is -2.40. The van der Waals surface area contributed by atoms with Gasteiger partial charge in [-0.3, -0.25) is 4.99 Å². The molecule has 1 aliphatic rings. The van der Waals surface area contributed by atoms with Crippen LogP contribution in [0.15, 0.2) is 60.7 Å². The van der Waals surface area contributed by atoms with Gasteiger partial charge in [0.2, 0.25) is 0 Å². The number of hydrogen-bond donors (Lipinski definition) is 2. The summed E-state index contributed by atoms with van der Waals surface area (Å²) in [6, 6.07) is 20.7. The van der Waals surface area contributed by atoms with Crippen LogP contribution in [0.3, 0.4) is 0 Å². The van der Waals surface area contributed by atoms with Gasteiger partial charge in [-0.1, -0.05) is 69.3 Å². The van der Waals surface area contributed by atoms with Crippen LogP contribution < -0.4 is 15.0 Å². The Balaban J connectivity index is 1.85. The first-order valence-electron chi connectivity index (χ1n) is 10.6. The highest BCUT2D eigenvalue weighted by Crippen LogP contribution is 2.31. The molecule has 1 heterocycles. The fraction of sp³-hybridized carbons (Fsp3) is 0.440. The standard InChI is InChI=1S/C25H33N3OS/c1-18(19-13-9-7-10-14-19)28-23(30)27-22(25(28,5)6)26-21(24(2,3)4)17-29-20-15-11-8-12-16-20/h7-16,18,21H,17H2,1-6H3,(H,26,27,30)/p+1/t18-,21-/m0/s1. The monoisotopic (exact) mass is 424 g/mol. The van der Waals surface area contributed by atoms with Crippen molar-refractivity contribution in [3.63, 3.8) is 0 Å². The molecule has 1 fully saturated rings. The van der Waals surface area contributed by atoms with Gasteiger partial charge in [-0.05, 0) is 50.7 Å². The van der Waals surface area contributed by atoms with Crippen LogP contribution in [-0.2, 0) is 0 Å². The molecule has 2 aromatic carbocycles. The van der Waals surface area contributed by atoms with E-state index in [1.165, 1.54) is 5.56 Å². The van der Waals surface area contributed by atoms with E-state index in [1.54, 1.807) is 0 Å². The van der Waals surface area contributed by atoms with Gasteiger partial charge in [0.1, 0.15) is 23.9 Å². The predicted octanol–water partition coefficient (Wildman–Crippen LogP) is 3.69. The molecule has 0 spiro atoms. The fourth-order valence-electron chi connectivity index (χ4n) is 3.83. The minimum absolute atomic E-state index is 0.000372. The van der Waals surface area contributed by atoms with Crippen LogP contribution in [0.2, 0.25) is 0 Å². The number of ether oxygens (including phenoxy) is 1. The molecule has 2 N–H and O–H groups in total. The van der Waals surface area contributed by atoms with Crippen molar-refractivity contribution < 1.29 is 9.73 Å². The number of amidine groups is 1. The van der Waals surface area contributed by atoms with E-state index in [9.17, 15) is 0 Å². The molecule has 2 aromatic rings. The Bertz CT molecular complexity index is 888. The summed E-state index contributed by atoms with van der Waals surface area (Å²) in [5.74, 6) is 1.90. The summed E-state index contributed by atoms with van der Waals surface area (Å²) in [6.45, 7) is 13.9. The van der Waals surface area contributed by atoms with Crippen molar-refractivity contribution >= 4 is 23.2 Å². The number of para-hydroxylation sites is 1. The van der Waals surface area contributed by atoms with Gasteiger partial charge >= 0.3 is 0 Å². The van der Waals surface area contributed by atoms with Gasteiger partial charge in [0, 0.05) is 5.41 Å². The third-order valence-corrected chi connectivity index (χ3v) is 6.16. The maximum Gasteiger partial charge on any atom is 0.275 e. The van der Waals surface area contributed by atoms with Crippen molar-refractivity contribution in [2.45, 2.75) is 59.2 Å². The topological polar surface area (TPSA) is 38.5 Å². The lowest BCUT2D eigenvalue weighted by Gasteiger charge is -2.34. The average molecular weight is 425 g/mol. The first kappa shape index (κ1) is 22.3. The zero-order chi connectivity index (χ0) is 21.9. The highest BCUT2D eigenvalue weighted by atomic mass is 32.1. The van der Waals surface area contributed by atoms with E-state index >= 15 is 0 Å². The van der Waals surface area contributed by atoms with Crippen LogP contribution in [-0.4, -0.2) is 34.0 Å². The summed E-state index contributed by atoms with van der Waals surface area (Å²) >= 11 is 5.75. The fourth-order valence-corrected chi connectivity index (χ4v) is 4.31. The molecular weight excluding hydrogens is 390 g/mol. The molecule has 0 saturated carbocycles. The van der Waals surface area contributed by atoms with Gasteiger partial charge in [-0.2, -0.15) is 0 Å². The van der Waals surface area contributed by atoms with Crippen LogP contribution in [0.4, 0.5) is 0 Å². The van der Waals surface area contributed by atoms with E-state index in [0.29, 0.717) is 6.61 Å². The number of nitrogens with zero attached hydrogens (tertiary/aromatic N) is 1. The number of rotatable bonds is 6. The average Bonchev–Trinajstić information content (AvgIpc) is 2.93. The minimum atomic E-state index is -0.289. The second kappa shape index (κ2) is 8.76. The maximum absolute atomic E-state index is 6.09. The molecule has 0 aromatic heterocycles. The summed E-state index contributed by atoms with van der Waals surface area (Å²) in [7, 11) is 0. The first-order valence-corrected chi connectivity index (χ1v) is 11.0. The van der Waals surface area contributed by atoms with E-state index in [1.807, 2.05) is 36.4 Å². The normalized spacial score (nSPS) is 19.5. The van der Waals surface area contributed by atoms with Gasteiger partial charge in [0.25, 0.3) is 10.9 Å². The second-order valence-electron chi connectivity index (χ2n) is 9.51. The lowest BCUT2D eigenvalue weighted by atomic mass is 9.87. The van der Waals surface area contributed by atoms with Gasteiger partial charge in [-0.15, -0.1) is 0 Å². The summed E-state index contributed by atoms with van der Waals surface area (Å²) in [4.78, 5) is 6.01. The summed E-state index contributed by atoms with van der Waals surface area (Å²) in [5.41, 5.74) is 0.957. The minimum Gasteiger partial charge on any atom is -0.489 e. The zero-order valence-electron chi connectivity index (χ0n) is 18.9. The molecule has 3 rings (SSSR count). The first-order chi connectivity index (χ1) is 14.1. The Labute approximate surface area is 186 Å². The Morgan fingerprint density at radius 2 is 1.60 bits per heavy atom. The number of thiocarbonyl (C=S) groups is 1. The van der Waals surface area contributed by atoms with Crippen LogP contribution in [0.5, 0.6) is 5.75 Å². The Morgan fingerprint density at radius 1 is 1.03 bits per heavy atom. The van der Waals surface area contributed by atoms with Gasteiger partial charge in [0.15, 0.2) is 0 Å². The van der Waals surface area contributed by atoms with Gasteiger partial charge < -0.3 is 9.64 Å². The SMILES string of the molecule is C[C@@H](c1ccccc1)N1C(=S)NC(=[NH+][C@@H](COc2ccccc2)C(C)(C)C)C1(C)C. The zero-order valence-corrected chi connectivity index (χ0v) is 19.7. The van der Waals surface area contributed by atoms with E-state index in [-0.39, 0.29) is 23.0 Å². The van der Waals surface area contributed by atoms with E-state index in [0.717, 1.165) is 16.7 Å². The van der Waals surface area contributed by atoms with Crippen molar-refractivity contribution in [2.24, 2.45) is 5.41 Å². The van der Waals surface area contributed by atoms with Crippen molar-refractivity contribution in [3.8, 4) is 5.75 Å². The largest absolute Gasteiger partial charge is 0.489 e. The smallest absolute Gasteiger partial charge is 0.275 e. The molecule has 5 heteroatoms. The molecule has 1 saturated heterocycles. The molecule has 0 radical (unpaired) electrons. The molecule has 0 unspecified atom stereocenters. The van der Waals surface area contributed by atoms with Crippen molar-refractivity contribution in [1.82, 2.24) is 10.2 Å². The van der Waals surface area contributed by atoms with Crippen LogP contribution in [0, 0.1) is 5.41 Å². The van der Waals surface area contributed by atoms with Crippen LogP contribution >= 0.6 is 12.2 Å². The quantitative estimate of drug-likeness (QED) is 0.694. The summed E-state index contributed by atoms with van der Waals surface area (Å²) in [5, 5.41) is 4.20. The van der Waals surface area contributed by atoms with Crippen LogP contribution in [0.25, 0.3) is 0 Å². The molecule has 30 heavy (non-hydrogen) atoms. The van der Waals surface area contributed by atoms with Crippen molar-refractivity contribution in [1.29, 1.82) is 0 Å². The molecule has 0 amide bonds. The van der Waals surface area contributed by atoms with Crippen molar-refractivity contribution in [3.05, 3.63) is 66.2 Å². The number of hydrogen-bond acceptors (Lipinski definition) is 2. The van der Waals surface area contributed by atoms with E-state index in [4.69, 9.17) is 17.0 Å². The van der Waals surface area contributed by atoms with Gasteiger partial charge in [0.05, 0.1) is 6.04 Å². The third-order valence-electron chi connectivity index (χ3n) is 5.86. The number of nitrogens with one attached hydrogen (secondary N) is 2. The molecule has 0 bridgehead atoms. The lowest BCUT2D eigenvalue weighted by Crippen LogP contribution is -2.88. The molecule has 2 atom stereocenters. The Morgan fingerprint density at radius 3 is 2.17 bits per heavy atom. The summed E-state index contributed by atoms with van der Waals surface area (Å²) in [6.07, 6.45) is 0. The molecule has 1 aliphatic heterocycles. The second-order valence-corrected chi connectivity index (χ2v) is 9.89. The highest BCUT2D eigenvalue weighted by molar-refractivity contribution is 7.80. The van der Waals surface area contributed by atoms with E-state index in [2.05, 4.69) is 81.0 Å². The lowest BCUT2D eigenvalue weighted by molar-refractivity contribution is -0.529.